The zero-order chi connectivity index (χ0) is 15.0. The molecule has 0 saturated heterocycles. The first-order valence-electron chi connectivity index (χ1n) is 7.81. The first-order chi connectivity index (χ1) is 9.58. The summed E-state index contributed by atoms with van der Waals surface area (Å²) in [5.74, 6) is -1.19. The van der Waals surface area contributed by atoms with Crippen molar-refractivity contribution in [2.75, 3.05) is 26.2 Å². The van der Waals surface area contributed by atoms with Crippen LogP contribution in [0.4, 0.5) is 0 Å². The van der Waals surface area contributed by atoms with Gasteiger partial charge in [-0.3, -0.25) is 9.59 Å². The van der Waals surface area contributed by atoms with Crippen molar-refractivity contribution in [3.63, 3.8) is 0 Å². The predicted molar refractivity (Wildman–Crippen MR) is 78.5 cm³/mol. The molecule has 5 heteroatoms. The van der Waals surface area contributed by atoms with Crippen LogP contribution >= 0.6 is 0 Å². The third-order valence-electron chi connectivity index (χ3n) is 4.11. The van der Waals surface area contributed by atoms with Gasteiger partial charge in [-0.05, 0) is 38.8 Å². The molecule has 0 spiro atoms. The van der Waals surface area contributed by atoms with E-state index in [-0.39, 0.29) is 17.7 Å². The van der Waals surface area contributed by atoms with Crippen molar-refractivity contribution >= 4 is 11.9 Å². The van der Waals surface area contributed by atoms with Crippen molar-refractivity contribution in [1.82, 2.24) is 10.2 Å². The van der Waals surface area contributed by atoms with Gasteiger partial charge in [0.05, 0.1) is 5.92 Å². The average molecular weight is 284 g/mol. The first kappa shape index (κ1) is 17.0. The fraction of sp³-hybridized carbons (Fsp3) is 0.867. The van der Waals surface area contributed by atoms with Gasteiger partial charge < -0.3 is 15.3 Å². The van der Waals surface area contributed by atoms with Crippen LogP contribution in [0.15, 0.2) is 0 Å². The van der Waals surface area contributed by atoms with Gasteiger partial charge >= 0.3 is 5.97 Å². The number of carboxylic acids is 1. The van der Waals surface area contributed by atoms with Crippen molar-refractivity contribution in [3.8, 4) is 0 Å². The molecule has 2 N–H and O–H groups in total. The Morgan fingerprint density at radius 3 is 2.50 bits per heavy atom. The number of amides is 1. The quantitative estimate of drug-likeness (QED) is 0.712. The van der Waals surface area contributed by atoms with Crippen LogP contribution in [0.3, 0.4) is 0 Å². The lowest BCUT2D eigenvalue weighted by Gasteiger charge is -2.26. The van der Waals surface area contributed by atoms with E-state index in [1.54, 1.807) is 0 Å². The molecule has 5 nitrogen and oxygen atoms in total. The van der Waals surface area contributed by atoms with Crippen LogP contribution < -0.4 is 5.32 Å². The maximum absolute atomic E-state index is 12.1. The van der Waals surface area contributed by atoms with Crippen molar-refractivity contribution in [3.05, 3.63) is 0 Å². The zero-order valence-corrected chi connectivity index (χ0v) is 12.7. The zero-order valence-electron chi connectivity index (χ0n) is 12.7. The molecule has 1 aliphatic rings. The second-order valence-electron chi connectivity index (χ2n) is 5.62. The van der Waals surface area contributed by atoms with E-state index in [0.29, 0.717) is 19.4 Å². The third kappa shape index (κ3) is 5.49. The molecule has 0 heterocycles. The van der Waals surface area contributed by atoms with Gasteiger partial charge in [0, 0.05) is 19.0 Å². The van der Waals surface area contributed by atoms with E-state index >= 15 is 0 Å². The average Bonchev–Trinajstić information content (AvgIpc) is 2.46. The molecule has 0 aliphatic heterocycles. The van der Waals surface area contributed by atoms with E-state index in [2.05, 4.69) is 24.1 Å². The van der Waals surface area contributed by atoms with Gasteiger partial charge in [0.25, 0.3) is 0 Å². The molecule has 0 aromatic heterocycles. The van der Waals surface area contributed by atoms with Gasteiger partial charge in [-0.1, -0.05) is 20.3 Å². The molecule has 0 bridgehead atoms. The fourth-order valence-corrected chi connectivity index (χ4v) is 2.88. The van der Waals surface area contributed by atoms with Gasteiger partial charge in [-0.2, -0.15) is 0 Å². The minimum absolute atomic E-state index is 0.0310. The smallest absolute Gasteiger partial charge is 0.306 e. The summed E-state index contributed by atoms with van der Waals surface area (Å²) in [6.07, 6.45) is 3.98. The van der Waals surface area contributed by atoms with Gasteiger partial charge in [-0.25, -0.2) is 0 Å². The van der Waals surface area contributed by atoms with Crippen molar-refractivity contribution in [2.24, 2.45) is 11.8 Å². The Hall–Kier alpha value is -1.10. The molecule has 1 rings (SSSR count). The van der Waals surface area contributed by atoms with E-state index in [1.807, 2.05) is 0 Å². The molecule has 1 saturated carbocycles. The molecule has 0 aromatic rings. The summed E-state index contributed by atoms with van der Waals surface area (Å²) < 4.78 is 0. The molecular formula is C15H28N2O3. The Balaban J connectivity index is 2.29. The van der Waals surface area contributed by atoms with Crippen molar-refractivity contribution in [2.45, 2.75) is 46.0 Å². The van der Waals surface area contributed by atoms with Crippen LogP contribution in [0.25, 0.3) is 0 Å². The van der Waals surface area contributed by atoms with Crippen LogP contribution in [0.5, 0.6) is 0 Å². The summed E-state index contributed by atoms with van der Waals surface area (Å²) in [5, 5.41) is 12.0. The molecular weight excluding hydrogens is 256 g/mol. The first-order valence-corrected chi connectivity index (χ1v) is 7.81. The lowest BCUT2D eigenvalue weighted by atomic mass is 9.81. The number of aliphatic carboxylic acids is 1. The van der Waals surface area contributed by atoms with Crippen molar-refractivity contribution < 1.29 is 14.7 Å². The molecule has 1 fully saturated rings. The maximum atomic E-state index is 12.1. The third-order valence-corrected chi connectivity index (χ3v) is 4.11. The number of nitrogens with one attached hydrogen (secondary N) is 1. The number of rotatable bonds is 8. The highest BCUT2D eigenvalue weighted by Gasteiger charge is 2.30. The van der Waals surface area contributed by atoms with E-state index in [1.165, 1.54) is 0 Å². The molecule has 2 atom stereocenters. The molecule has 1 amide bonds. The van der Waals surface area contributed by atoms with Crippen LogP contribution in [0, 0.1) is 11.8 Å². The Bertz CT molecular complexity index is 320. The number of likely N-dealkylation sites (N-methyl/N-ethyl adjacent to an activating group) is 1. The number of hydrogen-bond donors (Lipinski definition) is 2. The Labute approximate surface area is 121 Å². The highest BCUT2D eigenvalue weighted by molar-refractivity contribution is 5.80. The summed E-state index contributed by atoms with van der Waals surface area (Å²) in [5.41, 5.74) is 0. The standard InChI is InChI=1S/C15H28N2O3/c1-3-9-17(4-2)10-8-16-14(18)12-6-5-7-13(11-12)15(19)20/h12-13H,3-11H2,1-2H3,(H,16,18)(H,19,20). The normalized spacial score (nSPS) is 22.8. The molecule has 20 heavy (non-hydrogen) atoms. The number of carboxylic acid groups (broad SMARTS) is 1. The molecule has 1 aliphatic carbocycles. The highest BCUT2D eigenvalue weighted by atomic mass is 16.4. The summed E-state index contributed by atoms with van der Waals surface area (Å²) in [4.78, 5) is 25.4. The minimum Gasteiger partial charge on any atom is -0.481 e. The van der Waals surface area contributed by atoms with Crippen LogP contribution in [0.1, 0.15) is 46.0 Å². The van der Waals surface area contributed by atoms with Crippen LogP contribution in [-0.4, -0.2) is 48.1 Å². The van der Waals surface area contributed by atoms with Crippen molar-refractivity contribution in [1.29, 1.82) is 0 Å². The van der Waals surface area contributed by atoms with E-state index in [4.69, 9.17) is 5.11 Å². The molecule has 2 unspecified atom stereocenters. The van der Waals surface area contributed by atoms with Gasteiger partial charge in [0.15, 0.2) is 0 Å². The number of carbonyl (C=O) groups is 2. The maximum Gasteiger partial charge on any atom is 0.306 e. The summed E-state index contributed by atoms with van der Waals surface area (Å²) >= 11 is 0. The molecule has 0 radical (unpaired) electrons. The number of carbonyl (C=O) groups excluding carboxylic acids is 1. The summed E-state index contributed by atoms with van der Waals surface area (Å²) in [7, 11) is 0. The number of nitrogens with zero attached hydrogens (tertiary/aromatic N) is 1. The lowest BCUT2D eigenvalue weighted by molar-refractivity contribution is -0.144. The van der Waals surface area contributed by atoms with Crippen LogP contribution in [-0.2, 0) is 9.59 Å². The molecule has 0 aromatic carbocycles. The summed E-state index contributed by atoms with van der Waals surface area (Å²) in [6, 6.07) is 0. The highest BCUT2D eigenvalue weighted by Crippen LogP contribution is 2.29. The Kier molecular flexibility index (Phi) is 7.59. The molecule has 116 valence electrons. The van der Waals surface area contributed by atoms with E-state index < -0.39 is 5.97 Å². The van der Waals surface area contributed by atoms with Gasteiger partial charge in [0.1, 0.15) is 0 Å². The minimum atomic E-state index is -0.761. The largest absolute Gasteiger partial charge is 0.481 e. The predicted octanol–water partition coefficient (Wildman–Crippen LogP) is 1.73. The lowest BCUT2D eigenvalue weighted by Crippen LogP contribution is -2.39. The second-order valence-corrected chi connectivity index (χ2v) is 5.62. The van der Waals surface area contributed by atoms with E-state index in [9.17, 15) is 9.59 Å². The monoisotopic (exact) mass is 284 g/mol. The van der Waals surface area contributed by atoms with Crippen LogP contribution in [0.2, 0.25) is 0 Å². The fourth-order valence-electron chi connectivity index (χ4n) is 2.88. The Morgan fingerprint density at radius 2 is 1.90 bits per heavy atom. The van der Waals surface area contributed by atoms with E-state index in [0.717, 1.165) is 38.9 Å². The Morgan fingerprint density at radius 1 is 1.20 bits per heavy atom. The van der Waals surface area contributed by atoms with Gasteiger partial charge in [-0.15, -0.1) is 0 Å². The second kappa shape index (κ2) is 8.95. The topological polar surface area (TPSA) is 69.6 Å². The SMILES string of the molecule is CCCN(CC)CCNC(=O)C1CCCC(C(=O)O)C1. The van der Waals surface area contributed by atoms with Gasteiger partial charge in [0.2, 0.25) is 5.91 Å². The summed E-state index contributed by atoms with van der Waals surface area (Å²) in [6.45, 7) is 7.84. The number of hydrogen-bond acceptors (Lipinski definition) is 3.